The Bertz CT molecular complexity index is 785. The summed E-state index contributed by atoms with van der Waals surface area (Å²) in [5, 5.41) is 53.3. The van der Waals surface area contributed by atoms with Crippen LogP contribution < -0.4 is 5.32 Å². The third kappa shape index (κ3) is 4.34. The smallest absolute Gasteiger partial charge is 0.228 e. The molecule has 0 aliphatic carbocycles. The van der Waals surface area contributed by atoms with Gasteiger partial charge < -0.3 is 30.5 Å². The first kappa shape index (κ1) is 20.3. The third-order valence-corrected chi connectivity index (χ3v) is 4.56. The van der Waals surface area contributed by atoms with E-state index in [4.69, 9.17) is 4.74 Å². The van der Waals surface area contributed by atoms with Crippen LogP contribution in [0.2, 0.25) is 0 Å². The van der Waals surface area contributed by atoms with Crippen molar-refractivity contribution in [2.24, 2.45) is 0 Å². The fourth-order valence-corrected chi connectivity index (χ4v) is 2.97. The van der Waals surface area contributed by atoms with Crippen LogP contribution in [0, 0.1) is 0 Å². The number of ether oxygens (including phenoxy) is 1. The first-order valence-electron chi connectivity index (χ1n) is 8.84. The van der Waals surface area contributed by atoms with E-state index in [-0.39, 0.29) is 24.2 Å². The van der Waals surface area contributed by atoms with Gasteiger partial charge in [-0.05, 0) is 17.7 Å². The van der Waals surface area contributed by atoms with E-state index in [9.17, 15) is 25.2 Å². The molecule has 6 atom stereocenters. The quantitative estimate of drug-likeness (QED) is 0.376. The molecule has 2 heterocycles. The molecule has 6 unspecified atom stereocenters. The summed E-state index contributed by atoms with van der Waals surface area (Å²) < 4.78 is 5.34. The molecule has 1 aliphatic heterocycles. The highest BCUT2D eigenvalue weighted by molar-refractivity contribution is 5.78. The molecule has 1 aromatic carbocycles. The maximum Gasteiger partial charge on any atom is 0.228 e. The van der Waals surface area contributed by atoms with E-state index in [1.165, 1.54) is 0 Å². The van der Waals surface area contributed by atoms with Gasteiger partial charge in [-0.3, -0.25) is 4.79 Å². The number of benzene rings is 1. The maximum absolute atomic E-state index is 12.2. The minimum absolute atomic E-state index is 0.0923. The van der Waals surface area contributed by atoms with E-state index in [0.717, 1.165) is 10.4 Å². The first-order chi connectivity index (χ1) is 13.4. The average Bonchev–Trinajstić information content (AvgIpc) is 3.15. The highest BCUT2D eigenvalue weighted by atomic mass is 16.6. The molecule has 11 nitrogen and oxygen atoms in total. The van der Waals surface area contributed by atoms with Gasteiger partial charge >= 0.3 is 0 Å². The van der Waals surface area contributed by atoms with Gasteiger partial charge in [0.1, 0.15) is 24.4 Å². The zero-order chi connectivity index (χ0) is 20.3. The van der Waals surface area contributed by atoms with Gasteiger partial charge in [-0.15, -0.1) is 15.0 Å². The summed E-state index contributed by atoms with van der Waals surface area (Å²) in [6.45, 7) is 1.29. The van der Waals surface area contributed by atoms with Crippen molar-refractivity contribution in [1.82, 2.24) is 25.5 Å². The lowest BCUT2D eigenvalue weighted by Gasteiger charge is -2.38. The minimum Gasteiger partial charge on any atom is -0.394 e. The monoisotopic (exact) mass is 393 g/mol. The van der Waals surface area contributed by atoms with E-state index < -0.39 is 37.3 Å². The Kier molecular flexibility index (Phi) is 6.31. The van der Waals surface area contributed by atoms with E-state index in [0.29, 0.717) is 0 Å². The molecular formula is C17H23N5O6. The Morgan fingerprint density at radius 3 is 2.61 bits per heavy atom. The number of aliphatic hydroxyl groups is 4. The molecule has 0 radical (unpaired) electrons. The van der Waals surface area contributed by atoms with E-state index in [1.54, 1.807) is 0 Å². The van der Waals surface area contributed by atoms with Crippen LogP contribution in [0.1, 0.15) is 30.6 Å². The lowest BCUT2D eigenvalue weighted by Crippen LogP contribution is -2.56. The second-order valence-corrected chi connectivity index (χ2v) is 6.62. The number of hydrogen-bond acceptors (Lipinski definition) is 9. The van der Waals surface area contributed by atoms with Crippen LogP contribution in [0.3, 0.4) is 0 Å². The highest BCUT2D eigenvalue weighted by Crippen LogP contribution is 2.27. The van der Waals surface area contributed by atoms with Crippen LogP contribution in [0.4, 0.5) is 0 Å². The summed E-state index contributed by atoms with van der Waals surface area (Å²) in [6.07, 6.45) is -7.07. The van der Waals surface area contributed by atoms with E-state index >= 15 is 0 Å². The molecule has 28 heavy (non-hydrogen) atoms. The third-order valence-electron chi connectivity index (χ3n) is 4.56. The van der Waals surface area contributed by atoms with Crippen molar-refractivity contribution in [2.75, 3.05) is 6.61 Å². The molecule has 1 fully saturated rings. The zero-order valence-electron chi connectivity index (χ0n) is 15.2. The summed E-state index contributed by atoms with van der Waals surface area (Å²) in [4.78, 5) is 13.1. The van der Waals surface area contributed by atoms with Crippen molar-refractivity contribution < 1.29 is 30.0 Å². The van der Waals surface area contributed by atoms with Gasteiger partial charge in [-0.2, -0.15) is 0 Å². The molecule has 152 valence electrons. The first-order valence-corrected chi connectivity index (χ1v) is 8.84. The SMILES string of the molecule is CC(NC(=O)Cc1nnn(C2OC(CO)C(O)C(O)C2O)n1)c1ccccc1. The van der Waals surface area contributed by atoms with Crippen molar-refractivity contribution in [3.63, 3.8) is 0 Å². The predicted octanol–water partition coefficient (Wildman–Crippen LogP) is -1.93. The molecule has 0 spiro atoms. The average molecular weight is 393 g/mol. The fourth-order valence-electron chi connectivity index (χ4n) is 2.97. The molecule has 2 aromatic rings. The molecule has 1 aliphatic rings. The molecule has 1 saturated heterocycles. The summed E-state index contributed by atoms with van der Waals surface area (Å²) >= 11 is 0. The van der Waals surface area contributed by atoms with Gasteiger partial charge in [-0.1, -0.05) is 30.3 Å². The Morgan fingerprint density at radius 2 is 1.93 bits per heavy atom. The van der Waals surface area contributed by atoms with Crippen LogP contribution in [-0.4, -0.2) is 77.6 Å². The lowest BCUT2D eigenvalue weighted by molar-refractivity contribution is -0.257. The molecule has 1 aromatic heterocycles. The van der Waals surface area contributed by atoms with Gasteiger partial charge in [0.25, 0.3) is 0 Å². The molecule has 1 amide bonds. The van der Waals surface area contributed by atoms with Crippen molar-refractivity contribution in [3.05, 3.63) is 41.7 Å². The Balaban J connectivity index is 1.63. The Hall–Kier alpha value is -2.44. The number of carbonyl (C=O) groups excluding carboxylic acids is 1. The number of aliphatic hydroxyl groups excluding tert-OH is 4. The van der Waals surface area contributed by atoms with Gasteiger partial charge in [0, 0.05) is 0 Å². The largest absolute Gasteiger partial charge is 0.394 e. The highest BCUT2D eigenvalue weighted by Gasteiger charge is 2.45. The minimum atomic E-state index is -1.56. The van der Waals surface area contributed by atoms with Gasteiger partial charge in [0.05, 0.1) is 19.1 Å². The fraction of sp³-hybridized carbons (Fsp3) is 0.529. The number of aromatic nitrogens is 4. The van der Waals surface area contributed by atoms with Crippen molar-refractivity contribution in [3.8, 4) is 0 Å². The molecule has 5 N–H and O–H groups in total. The summed E-state index contributed by atoms with van der Waals surface area (Å²) in [5.41, 5.74) is 0.953. The Labute approximate surface area is 160 Å². The van der Waals surface area contributed by atoms with Crippen LogP contribution in [0.25, 0.3) is 0 Å². The number of nitrogens with zero attached hydrogens (tertiary/aromatic N) is 4. The molecule has 11 heteroatoms. The van der Waals surface area contributed by atoms with Crippen LogP contribution >= 0.6 is 0 Å². The number of carbonyl (C=O) groups is 1. The van der Waals surface area contributed by atoms with Crippen LogP contribution in [0.15, 0.2) is 30.3 Å². The summed E-state index contributed by atoms with van der Waals surface area (Å²) in [6, 6.07) is 9.25. The number of hydrogen-bond donors (Lipinski definition) is 5. The summed E-state index contributed by atoms with van der Waals surface area (Å²) in [5.74, 6) is -0.223. The number of rotatable bonds is 6. The molecular weight excluding hydrogens is 370 g/mol. The zero-order valence-corrected chi connectivity index (χ0v) is 15.2. The topological polar surface area (TPSA) is 163 Å². The molecule has 0 bridgehead atoms. The second-order valence-electron chi connectivity index (χ2n) is 6.62. The van der Waals surface area contributed by atoms with Crippen LogP contribution in [-0.2, 0) is 16.0 Å². The Morgan fingerprint density at radius 1 is 1.21 bits per heavy atom. The molecule has 3 rings (SSSR count). The number of tetrazole rings is 1. The van der Waals surface area contributed by atoms with Gasteiger partial charge in [0.2, 0.25) is 5.91 Å². The van der Waals surface area contributed by atoms with E-state index in [1.807, 2.05) is 37.3 Å². The molecule has 0 saturated carbocycles. The maximum atomic E-state index is 12.2. The normalized spacial score (nSPS) is 28.7. The standard InChI is InChI=1S/C17H23N5O6/c1-9(10-5-3-2-4-6-10)18-13(24)7-12-19-21-22(20-12)17-16(27)15(26)14(25)11(8-23)28-17/h2-6,9,11,14-17,23,25-27H,7-8H2,1H3,(H,18,24). The second kappa shape index (κ2) is 8.71. The van der Waals surface area contributed by atoms with Crippen molar-refractivity contribution in [2.45, 2.75) is 50.0 Å². The van der Waals surface area contributed by atoms with Crippen molar-refractivity contribution >= 4 is 5.91 Å². The number of nitrogens with one attached hydrogen (secondary N) is 1. The predicted molar refractivity (Wildman–Crippen MR) is 93.5 cm³/mol. The lowest BCUT2D eigenvalue weighted by atomic mass is 9.99. The van der Waals surface area contributed by atoms with Gasteiger partial charge in [-0.25, -0.2) is 0 Å². The van der Waals surface area contributed by atoms with Crippen LogP contribution in [0.5, 0.6) is 0 Å². The summed E-state index contributed by atoms with van der Waals surface area (Å²) in [7, 11) is 0. The van der Waals surface area contributed by atoms with Gasteiger partial charge in [0.15, 0.2) is 12.1 Å². The van der Waals surface area contributed by atoms with E-state index in [2.05, 4.69) is 20.7 Å². The number of amides is 1. The van der Waals surface area contributed by atoms with Crippen molar-refractivity contribution in [1.29, 1.82) is 0 Å².